The van der Waals surface area contributed by atoms with Gasteiger partial charge in [0.2, 0.25) is 5.91 Å². The van der Waals surface area contributed by atoms with E-state index in [-0.39, 0.29) is 11.7 Å². The second-order valence-corrected chi connectivity index (χ2v) is 6.34. The molecule has 1 heterocycles. The molecule has 1 amide bonds. The molecule has 1 spiro atoms. The number of benzene rings is 1. The maximum atomic E-state index is 12.6. The lowest BCUT2D eigenvalue weighted by Gasteiger charge is -2.26. The van der Waals surface area contributed by atoms with Crippen LogP contribution in [0.15, 0.2) is 18.2 Å². The third kappa shape index (κ3) is 2.14. The number of hydrogen-bond donors (Lipinski definition) is 1. The number of nitrogens with one attached hydrogen (secondary N) is 1. The van der Waals surface area contributed by atoms with Crippen molar-refractivity contribution in [3.05, 3.63) is 34.9 Å². The summed E-state index contributed by atoms with van der Waals surface area (Å²) in [6, 6.07) is 6.53. The first-order chi connectivity index (χ1) is 9.57. The Bertz CT molecular complexity index is 534. The van der Waals surface area contributed by atoms with Gasteiger partial charge >= 0.3 is 0 Å². The number of rotatable bonds is 4. The molecule has 1 atom stereocenters. The predicted octanol–water partition coefficient (Wildman–Crippen LogP) is 3.07. The fourth-order valence-electron chi connectivity index (χ4n) is 3.21. The van der Waals surface area contributed by atoms with E-state index in [9.17, 15) is 4.79 Å². The zero-order chi connectivity index (χ0) is 14.3. The van der Waals surface area contributed by atoms with E-state index in [1.165, 1.54) is 16.7 Å². The number of hydrogen-bond acceptors (Lipinski definition) is 2. The summed E-state index contributed by atoms with van der Waals surface area (Å²) in [6.07, 6.45) is 4.25. The molecule has 0 bridgehead atoms. The largest absolute Gasteiger partial charge is 0.321 e. The molecule has 108 valence electrons. The molecule has 1 aromatic carbocycles. The van der Waals surface area contributed by atoms with Crippen molar-refractivity contribution in [1.29, 1.82) is 0 Å². The van der Waals surface area contributed by atoms with Crippen molar-refractivity contribution in [2.75, 3.05) is 6.54 Å². The minimum Gasteiger partial charge on any atom is -0.321 e. The molecule has 1 saturated heterocycles. The average Bonchev–Trinajstić information content (AvgIpc) is 3.13. The topological polar surface area (TPSA) is 32.3 Å². The Morgan fingerprint density at radius 3 is 2.70 bits per heavy atom. The number of unbranched alkanes of at least 4 members (excludes halogenated alkanes) is 1. The minimum absolute atomic E-state index is 0.0668. The molecule has 1 aliphatic heterocycles. The maximum Gasteiger partial charge on any atom is 0.244 e. The molecule has 1 aromatic rings. The number of carbonyl (C=O) groups is 1. The van der Waals surface area contributed by atoms with E-state index >= 15 is 0 Å². The Labute approximate surface area is 121 Å². The SMILES string of the molecule is CCCCN1C(=O)C2(CC2)NC1c1ccc(C)cc1C. The smallest absolute Gasteiger partial charge is 0.244 e. The summed E-state index contributed by atoms with van der Waals surface area (Å²) in [5, 5.41) is 3.60. The molecule has 3 rings (SSSR count). The standard InChI is InChI=1S/C17H24N2O/c1-4-5-10-19-15(18-17(8-9-17)16(19)20)14-7-6-12(2)11-13(14)3/h6-7,11,15,18H,4-5,8-10H2,1-3H3. The first-order valence-electron chi connectivity index (χ1n) is 7.73. The highest BCUT2D eigenvalue weighted by atomic mass is 16.2. The van der Waals surface area contributed by atoms with Crippen molar-refractivity contribution in [3.63, 3.8) is 0 Å². The molecule has 3 nitrogen and oxygen atoms in total. The molecular weight excluding hydrogens is 248 g/mol. The normalized spacial score (nSPS) is 23.6. The van der Waals surface area contributed by atoms with Crippen molar-refractivity contribution in [2.24, 2.45) is 0 Å². The van der Waals surface area contributed by atoms with Crippen LogP contribution in [0.5, 0.6) is 0 Å². The van der Waals surface area contributed by atoms with Gasteiger partial charge in [0, 0.05) is 6.54 Å². The molecule has 1 aliphatic carbocycles. The zero-order valence-corrected chi connectivity index (χ0v) is 12.7. The molecule has 2 fully saturated rings. The summed E-state index contributed by atoms with van der Waals surface area (Å²) in [5.74, 6) is 0.316. The van der Waals surface area contributed by atoms with Crippen LogP contribution in [0.4, 0.5) is 0 Å². The predicted molar refractivity (Wildman–Crippen MR) is 80.4 cm³/mol. The number of aryl methyl sites for hydroxylation is 2. The van der Waals surface area contributed by atoms with Crippen LogP contribution < -0.4 is 5.32 Å². The summed E-state index contributed by atoms with van der Waals surface area (Å²) in [4.78, 5) is 14.7. The maximum absolute atomic E-state index is 12.6. The molecule has 2 aliphatic rings. The van der Waals surface area contributed by atoms with Crippen LogP contribution in [0.1, 0.15) is 55.5 Å². The van der Waals surface area contributed by atoms with Gasteiger partial charge in [0.15, 0.2) is 0 Å². The second kappa shape index (κ2) is 4.88. The van der Waals surface area contributed by atoms with Gasteiger partial charge in [-0.1, -0.05) is 37.1 Å². The van der Waals surface area contributed by atoms with E-state index in [0.717, 1.165) is 32.2 Å². The molecule has 0 radical (unpaired) electrons. The van der Waals surface area contributed by atoms with Crippen molar-refractivity contribution in [2.45, 2.75) is 58.2 Å². The lowest BCUT2D eigenvalue weighted by Crippen LogP contribution is -2.33. The van der Waals surface area contributed by atoms with Crippen LogP contribution in [-0.2, 0) is 4.79 Å². The van der Waals surface area contributed by atoms with Crippen LogP contribution in [0, 0.1) is 13.8 Å². The molecule has 0 aromatic heterocycles. The summed E-state index contributed by atoms with van der Waals surface area (Å²) in [6.45, 7) is 7.29. The summed E-state index contributed by atoms with van der Waals surface area (Å²) < 4.78 is 0. The van der Waals surface area contributed by atoms with Gasteiger partial charge in [0.1, 0.15) is 11.7 Å². The van der Waals surface area contributed by atoms with E-state index in [0.29, 0.717) is 5.91 Å². The third-order valence-electron chi connectivity index (χ3n) is 4.62. The van der Waals surface area contributed by atoms with Gasteiger partial charge in [0.25, 0.3) is 0 Å². The fourth-order valence-corrected chi connectivity index (χ4v) is 3.21. The van der Waals surface area contributed by atoms with E-state index < -0.39 is 0 Å². The average molecular weight is 272 g/mol. The highest BCUT2D eigenvalue weighted by molar-refractivity contribution is 5.92. The molecular formula is C17H24N2O. The Morgan fingerprint density at radius 2 is 2.10 bits per heavy atom. The fraction of sp³-hybridized carbons (Fsp3) is 0.588. The van der Waals surface area contributed by atoms with Crippen LogP contribution in [-0.4, -0.2) is 22.9 Å². The van der Waals surface area contributed by atoms with Crippen molar-refractivity contribution in [1.82, 2.24) is 10.2 Å². The second-order valence-electron chi connectivity index (χ2n) is 6.34. The third-order valence-corrected chi connectivity index (χ3v) is 4.62. The Balaban J connectivity index is 1.91. The van der Waals surface area contributed by atoms with E-state index in [2.05, 4.69) is 49.2 Å². The highest BCUT2D eigenvalue weighted by Gasteiger charge is 2.59. The molecule has 20 heavy (non-hydrogen) atoms. The Morgan fingerprint density at radius 1 is 1.35 bits per heavy atom. The minimum atomic E-state index is -0.226. The van der Waals surface area contributed by atoms with Crippen molar-refractivity contribution < 1.29 is 4.79 Å². The van der Waals surface area contributed by atoms with Gasteiger partial charge < -0.3 is 4.90 Å². The quantitative estimate of drug-likeness (QED) is 0.913. The van der Waals surface area contributed by atoms with Gasteiger partial charge in [0.05, 0.1) is 0 Å². The van der Waals surface area contributed by atoms with Crippen LogP contribution >= 0.6 is 0 Å². The highest BCUT2D eigenvalue weighted by Crippen LogP contribution is 2.46. The first-order valence-corrected chi connectivity index (χ1v) is 7.73. The van der Waals surface area contributed by atoms with Gasteiger partial charge in [-0.3, -0.25) is 10.1 Å². The molecule has 1 N–H and O–H groups in total. The number of amides is 1. The molecule has 1 saturated carbocycles. The Kier molecular flexibility index (Phi) is 3.33. The van der Waals surface area contributed by atoms with Crippen LogP contribution in [0.25, 0.3) is 0 Å². The van der Waals surface area contributed by atoms with E-state index in [4.69, 9.17) is 0 Å². The summed E-state index contributed by atoms with van der Waals surface area (Å²) in [5.41, 5.74) is 3.57. The number of nitrogens with zero attached hydrogens (tertiary/aromatic N) is 1. The summed E-state index contributed by atoms with van der Waals surface area (Å²) >= 11 is 0. The van der Waals surface area contributed by atoms with Crippen LogP contribution in [0.2, 0.25) is 0 Å². The van der Waals surface area contributed by atoms with E-state index in [1.54, 1.807) is 0 Å². The van der Waals surface area contributed by atoms with Gasteiger partial charge in [-0.15, -0.1) is 0 Å². The molecule has 1 unspecified atom stereocenters. The Hall–Kier alpha value is -1.35. The zero-order valence-electron chi connectivity index (χ0n) is 12.7. The lowest BCUT2D eigenvalue weighted by atomic mass is 10.0. The van der Waals surface area contributed by atoms with Gasteiger partial charge in [-0.05, 0) is 44.2 Å². The van der Waals surface area contributed by atoms with Gasteiger partial charge in [-0.25, -0.2) is 0 Å². The number of carbonyl (C=O) groups excluding carboxylic acids is 1. The van der Waals surface area contributed by atoms with E-state index in [1.807, 2.05) is 0 Å². The van der Waals surface area contributed by atoms with Gasteiger partial charge in [-0.2, -0.15) is 0 Å². The van der Waals surface area contributed by atoms with Crippen LogP contribution in [0.3, 0.4) is 0 Å². The molecule has 3 heteroatoms. The van der Waals surface area contributed by atoms with Crippen molar-refractivity contribution in [3.8, 4) is 0 Å². The first kappa shape index (κ1) is 13.6. The summed E-state index contributed by atoms with van der Waals surface area (Å²) in [7, 11) is 0. The lowest BCUT2D eigenvalue weighted by molar-refractivity contribution is -0.130. The monoisotopic (exact) mass is 272 g/mol. The van der Waals surface area contributed by atoms with Crippen molar-refractivity contribution >= 4 is 5.91 Å².